The molecule has 0 fully saturated rings. The summed E-state index contributed by atoms with van der Waals surface area (Å²) in [6.07, 6.45) is 3.06. The third-order valence-electron chi connectivity index (χ3n) is 4.03. The van der Waals surface area contributed by atoms with Crippen molar-refractivity contribution in [1.29, 1.82) is 0 Å². The molecule has 5 nitrogen and oxygen atoms in total. The van der Waals surface area contributed by atoms with Crippen molar-refractivity contribution < 1.29 is 9.53 Å². The first-order valence-electron chi connectivity index (χ1n) is 7.73. The molecule has 1 aliphatic rings. The van der Waals surface area contributed by atoms with E-state index in [1.807, 2.05) is 16.8 Å². The van der Waals surface area contributed by atoms with Crippen LogP contribution in [0.2, 0.25) is 0 Å². The molecule has 116 valence electrons. The van der Waals surface area contributed by atoms with Crippen molar-refractivity contribution in [3.63, 3.8) is 0 Å². The van der Waals surface area contributed by atoms with Gasteiger partial charge in [0, 0.05) is 25.1 Å². The number of aryl methyl sites for hydroxylation is 1. The van der Waals surface area contributed by atoms with Gasteiger partial charge in [-0.3, -0.25) is 0 Å². The van der Waals surface area contributed by atoms with Crippen LogP contribution >= 0.6 is 0 Å². The monoisotopic (exact) mass is 299 g/mol. The van der Waals surface area contributed by atoms with Crippen molar-refractivity contribution in [2.45, 2.75) is 32.7 Å². The van der Waals surface area contributed by atoms with Crippen LogP contribution < -0.4 is 5.32 Å². The van der Waals surface area contributed by atoms with Crippen LogP contribution in [0.1, 0.15) is 40.7 Å². The number of hydrogen-bond donors (Lipinski definition) is 1. The molecule has 0 amide bonds. The molecule has 0 bridgehead atoms. The fraction of sp³-hybridized carbons (Fsp3) is 0.412. The van der Waals surface area contributed by atoms with Crippen molar-refractivity contribution in [1.82, 2.24) is 15.1 Å². The van der Waals surface area contributed by atoms with Gasteiger partial charge in [0.2, 0.25) is 0 Å². The summed E-state index contributed by atoms with van der Waals surface area (Å²) in [4.78, 5) is 11.5. The molecule has 0 spiro atoms. The second-order valence-corrected chi connectivity index (χ2v) is 5.50. The van der Waals surface area contributed by atoms with Gasteiger partial charge in [0.1, 0.15) is 0 Å². The van der Waals surface area contributed by atoms with Gasteiger partial charge in [-0.25, -0.2) is 9.48 Å². The lowest BCUT2D eigenvalue weighted by Gasteiger charge is -2.15. The Kier molecular flexibility index (Phi) is 4.24. The number of fused-ring (bicyclic) bond motifs is 1. The molecule has 0 atom stereocenters. The molecule has 0 saturated heterocycles. The van der Waals surface area contributed by atoms with Crippen molar-refractivity contribution in [3.8, 4) is 5.69 Å². The molecular formula is C17H21N3O2. The molecule has 1 aromatic heterocycles. The number of benzene rings is 1. The summed E-state index contributed by atoms with van der Waals surface area (Å²) in [6, 6.07) is 7.43. The van der Waals surface area contributed by atoms with E-state index in [9.17, 15) is 4.79 Å². The summed E-state index contributed by atoms with van der Waals surface area (Å²) < 4.78 is 6.77. The maximum Gasteiger partial charge on any atom is 0.337 e. The van der Waals surface area contributed by atoms with Crippen molar-refractivity contribution in [2.24, 2.45) is 0 Å². The molecule has 1 aromatic carbocycles. The predicted molar refractivity (Wildman–Crippen MR) is 84.3 cm³/mol. The normalized spacial score (nSPS) is 13.7. The van der Waals surface area contributed by atoms with Crippen LogP contribution in [0.15, 0.2) is 24.3 Å². The number of rotatable bonds is 4. The molecule has 1 aliphatic heterocycles. The highest BCUT2D eigenvalue weighted by atomic mass is 16.5. The van der Waals surface area contributed by atoms with Gasteiger partial charge < -0.3 is 10.1 Å². The third-order valence-corrected chi connectivity index (χ3v) is 4.03. The van der Waals surface area contributed by atoms with E-state index in [1.165, 1.54) is 24.1 Å². The molecule has 2 heterocycles. The quantitative estimate of drug-likeness (QED) is 0.880. The second-order valence-electron chi connectivity index (χ2n) is 5.50. The van der Waals surface area contributed by atoms with E-state index >= 15 is 0 Å². The topological polar surface area (TPSA) is 56.2 Å². The fourth-order valence-electron chi connectivity index (χ4n) is 2.92. The summed E-state index contributed by atoms with van der Waals surface area (Å²) in [5.41, 5.74) is 5.36. The van der Waals surface area contributed by atoms with Gasteiger partial charge in [-0.2, -0.15) is 5.10 Å². The highest BCUT2D eigenvalue weighted by Gasteiger charge is 2.20. The number of ether oxygens (including phenoxy) is 1. The summed E-state index contributed by atoms with van der Waals surface area (Å²) in [5.74, 6) is -0.315. The van der Waals surface area contributed by atoms with Crippen LogP contribution in [-0.2, 0) is 24.1 Å². The molecule has 3 rings (SSSR count). The summed E-state index contributed by atoms with van der Waals surface area (Å²) in [6.45, 7) is 4.04. The minimum Gasteiger partial charge on any atom is -0.465 e. The average molecular weight is 299 g/mol. The summed E-state index contributed by atoms with van der Waals surface area (Å²) in [5, 5.41) is 8.23. The van der Waals surface area contributed by atoms with Crippen molar-refractivity contribution in [3.05, 3.63) is 46.8 Å². The van der Waals surface area contributed by atoms with Gasteiger partial charge in [0.15, 0.2) is 0 Å². The zero-order chi connectivity index (χ0) is 15.5. The van der Waals surface area contributed by atoms with Crippen LogP contribution in [0.4, 0.5) is 0 Å². The van der Waals surface area contributed by atoms with Gasteiger partial charge in [-0.1, -0.05) is 13.3 Å². The first-order chi connectivity index (χ1) is 10.7. The third kappa shape index (κ3) is 2.64. The highest BCUT2D eigenvalue weighted by molar-refractivity contribution is 5.89. The lowest BCUT2D eigenvalue weighted by molar-refractivity contribution is 0.0601. The number of hydrogen-bond acceptors (Lipinski definition) is 4. The largest absolute Gasteiger partial charge is 0.465 e. The standard InChI is InChI=1S/C17H21N3O2/c1-3-4-15-14-11-18-10-9-16(14)20(19-15)13-7-5-12(6-8-13)17(21)22-2/h5-8,18H,3-4,9-11H2,1-2H3. The predicted octanol–water partition coefficient (Wildman–Crippen LogP) is 2.26. The Hall–Kier alpha value is -2.14. The van der Waals surface area contributed by atoms with Crippen LogP contribution in [0.25, 0.3) is 5.69 Å². The Labute approximate surface area is 130 Å². The minimum atomic E-state index is -0.315. The van der Waals surface area contributed by atoms with E-state index in [2.05, 4.69) is 12.2 Å². The Morgan fingerprint density at radius 3 is 2.82 bits per heavy atom. The number of nitrogens with zero attached hydrogens (tertiary/aromatic N) is 2. The number of methoxy groups -OCH3 is 1. The first kappa shape index (κ1) is 14.8. The van der Waals surface area contributed by atoms with Gasteiger partial charge in [0.05, 0.1) is 29.7 Å². The molecular weight excluding hydrogens is 278 g/mol. The lowest BCUT2D eigenvalue weighted by Crippen LogP contribution is -2.25. The SMILES string of the molecule is CCCc1nn(-c2ccc(C(=O)OC)cc2)c2c1CNCC2. The highest BCUT2D eigenvalue weighted by Crippen LogP contribution is 2.23. The van der Waals surface area contributed by atoms with Gasteiger partial charge in [-0.05, 0) is 30.7 Å². The molecule has 1 N–H and O–H groups in total. The number of carbonyl (C=O) groups excluding carboxylic acids is 1. The zero-order valence-electron chi connectivity index (χ0n) is 13.1. The lowest BCUT2D eigenvalue weighted by atomic mass is 10.0. The Morgan fingerprint density at radius 2 is 2.14 bits per heavy atom. The molecule has 5 heteroatoms. The van der Waals surface area contributed by atoms with E-state index < -0.39 is 0 Å². The van der Waals surface area contributed by atoms with Crippen LogP contribution in [0.3, 0.4) is 0 Å². The van der Waals surface area contributed by atoms with Gasteiger partial charge in [0.25, 0.3) is 0 Å². The van der Waals surface area contributed by atoms with Crippen LogP contribution in [0, 0.1) is 0 Å². The van der Waals surface area contributed by atoms with E-state index in [-0.39, 0.29) is 5.97 Å². The minimum absolute atomic E-state index is 0.315. The fourth-order valence-corrected chi connectivity index (χ4v) is 2.92. The maximum atomic E-state index is 11.5. The number of esters is 1. The Morgan fingerprint density at radius 1 is 1.36 bits per heavy atom. The molecule has 0 unspecified atom stereocenters. The zero-order valence-corrected chi connectivity index (χ0v) is 13.1. The van der Waals surface area contributed by atoms with Crippen LogP contribution in [-0.4, -0.2) is 29.4 Å². The van der Waals surface area contributed by atoms with Crippen LogP contribution in [0.5, 0.6) is 0 Å². The average Bonchev–Trinajstić information content (AvgIpc) is 2.94. The first-order valence-corrected chi connectivity index (χ1v) is 7.73. The Balaban J connectivity index is 1.99. The molecule has 22 heavy (non-hydrogen) atoms. The molecule has 2 aromatic rings. The Bertz CT molecular complexity index is 674. The molecule has 0 aliphatic carbocycles. The summed E-state index contributed by atoms with van der Waals surface area (Å²) >= 11 is 0. The van der Waals surface area contributed by atoms with E-state index in [0.29, 0.717) is 5.56 Å². The van der Waals surface area contributed by atoms with E-state index in [1.54, 1.807) is 12.1 Å². The number of nitrogens with one attached hydrogen (secondary N) is 1. The molecule has 0 saturated carbocycles. The molecule has 0 radical (unpaired) electrons. The number of aromatic nitrogens is 2. The summed E-state index contributed by atoms with van der Waals surface area (Å²) in [7, 11) is 1.39. The number of carbonyl (C=O) groups is 1. The van der Waals surface area contributed by atoms with Crippen molar-refractivity contribution in [2.75, 3.05) is 13.7 Å². The van der Waals surface area contributed by atoms with Gasteiger partial charge in [-0.15, -0.1) is 0 Å². The van der Waals surface area contributed by atoms with E-state index in [0.717, 1.165) is 38.0 Å². The maximum absolute atomic E-state index is 11.5. The van der Waals surface area contributed by atoms with Gasteiger partial charge >= 0.3 is 5.97 Å². The second kappa shape index (κ2) is 6.32. The van der Waals surface area contributed by atoms with E-state index in [4.69, 9.17) is 9.84 Å². The van der Waals surface area contributed by atoms with Crippen molar-refractivity contribution >= 4 is 5.97 Å². The smallest absolute Gasteiger partial charge is 0.337 e.